The molecule has 180 valence electrons. The lowest BCUT2D eigenvalue weighted by Crippen LogP contribution is -2.53. The van der Waals surface area contributed by atoms with Crippen molar-refractivity contribution in [3.05, 3.63) is 24.3 Å². The minimum atomic E-state index is -1.04. The smallest absolute Gasteiger partial charge is 0.312 e. The lowest BCUT2D eigenvalue weighted by Gasteiger charge is -2.33. The van der Waals surface area contributed by atoms with E-state index in [1.165, 1.54) is 0 Å². The number of hydrogen-bond donors (Lipinski definition) is 2. The largest absolute Gasteiger partial charge is 0.497 e. The maximum atomic E-state index is 13.6. The Kier molecular flexibility index (Phi) is 6.90. The molecule has 9 heteroatoms. The van der Waals surface area contributed by atoms with Crippen LogP contribution in [-0.4, -0.2) is 72.4 Å². The number of benzene rings is 1. The Morgan fingerprint density at radius 3 is 2.67 bits per heavy atom. The first kappa shape index (κ1) is 23.5. The number of esters is 1. The van der Waals surface area contributed by atoms with E-state index in [2.05, 4.69) is 5.32 Å². The number of likely N-dealkylation sites (tertiary alicyclic amines) is 1. The number of nitrogens with one attached hydrogen (secondary N) is 1. The second-order valence-electron chi connectivity index (χ2n) is 8.84. The summed E-state index contributed by atoms with van der Waals surface area (Å²) in [6.45, 7) is 2.40. The van der Waals surface area contributed by atoms with Crippen LogP contribution < -0.4 is 10.1 Å². The van der Waals surface area contributed by atoms with Gasteiger partial charge in [-0.3, -0.25) is 14.4 Å². The third-order valence-electron chi connectivity index (χ3n) is 7.02. The number of fused-ring (bicyclic) bond motifs is 1. The van der Waals surface area contributed by atoms with Gasteiger partial charge in [0.15, 0.2) is 0 Å². The molecule has 9 nitrogen and oxygen atoms in total. The van der Waals surface area contributed by atoms with Crippen LogP contribution in [0.3, 0.4) is 0 Å². The minimum absolute atomic E-state index is 0.0810. The van der Waals surface area contributed by atoms with Gasteiger partial charge < -0.3 is 29.5 Å². The summed E-state index contributed by atoms with van der Waals surface area (Å²) in [5.74, 6) is -1.73. The quantitative estimate of drug-likeness (QED) is 0.404. The summed E-state index contributed by atoms with van der Waals surface area (Å²) < 4.78 is 16.8. The molecule has 3 aliphatic heterocycles. The van der Waals surface area contributed by atoms with Gasteiger partial charge >= 0.3 is 5.97 Å². The Balaban J connectivity index is 1.62. The summed E-state index contributed by atoms with van der Waals surface area (Å²) >= 11 is 0. The number of ether oxygens (including phenoxy) is 3. The Hall–Kier alpha value is -2.65. The van der Waals surface area contributed by atoms with Gasteiger partial charge in [0.1, 0.15) is 17.4 Å². The zero-order chi connectivity index (χ0) is 23.6. The number of nitrogens with zero attached hydrogens (tertiary/aromatic N) is 1. The fourth-order valence-electron chi connectivity index (χ4n) is 5.66. The van der Waals surface area contributed by atoms with Gasteiger partial charge in [0.05, 0.1) is 31.7 Å². The molecule has 0 radical (unpaired) electrons. The molecule has 0 aliphatic carbocycles. The van der Waals surface area contributed by atoms with Crippen LogP contribution in [0.4, 0.5) is 5.69 Å². The fourth-order valence-corrected chi connectivity index (χ4v) is 5.66. The molecule has 2 N–H and O–H groups in total. The molecule has 0 saturated carbocycles. The number of hydrogen-bond acceptors (Lipinski definition) is 7. The van der Waals surface area contributed by atoms with E-state index in [9.17, 15) is 14.4 Å². The topological polar surface area (TPSA) is 114 Å². The fraction of sp³-hybridized carbons (Fsp3) is 0.625. The summed E-state index contributed by atoms with van der Waals surface area (Å²) in [5, 5.41) is 12.0. The second kappa shape index (κ2) is 9.69. The van der Waals surface area contributed by atoms with Crippen LogP contribution in [0.1, 0.15) is 39.0 Å². The highest BCUT2D eigenvalue weighted by atomic mass is 16.6. The molecule has 1 aromatic carbocycles. The van der Waals surface area contributed by atoms with Crippen molar-refractivity contribution >= 4 is 23.5 Å². The third kappa shape index (κ3) is 4.08. The van der Waals surface area contributed by atoms with Gasteiger partial charge in [-0.05, 0) is 63.3 Å². The number of unbranched alkanes of at least 4 members (excludes halogenated alkanes) is 2. The zero-order valence-electron chi connectivity index (χ0n) is 19.1. The average Bonchev–Trinajstić information content (AvgIpc) is 3.45. The first-order chi connectivity index (χ1) is 16.0. The Bertz CT molecular complexity index is 889. The summed E-state index contributed by atoms with van der Waals surface area (Å²) in [4.78, 5) is 41.5. The summed E-state index contributed by atoms with van der Waals surface area (Å²) in [6, 6.07) is 6.14. The monoisotopic (exact) mass is 460 g/mol. The van der Waals surface area contributed by atoms with Gasteiger partial charge in [0.2, 0.25) is 11.8 Å². The molecule has 2 bridgehead atoms. The average molecular weight is 461 g/mol. The molecule has 3 saturated heterocycles. The number of aliphatic hydroxyl groups is 1. The van der Waals surface area contributed by atoms with Crippen molar-refractivity contribution in [2.45, 2.75) is 56.8 Å². The van der Waals surface area contributed by atoms with Crippen LogP contribution in [0.15, 0.2) is 24.3 Å². The lowest BCUT2D eigenvalue weighted by molar-refractivity contribution is -0.154. The van der Waals surface area contributed by atoms with Crippen LogP contribution in [0.2, 0.25) is 0 Å². The Labute approximate surface area is 193 Å². The summed E-state index contributed by atoms with van der Waals surface area (Å²) in [5.41, 5.74) is -0.449. The molecule has 4 rings (SSSR count). The van der Waals surface area contributed by atoms with E-state index in [1.807, 2.05) is 0 Å². The third-order valence-corrected chi connectivity index (χ3v) is 7.02. The van der Waals surface area contributed by atoms with E-state index in [0.29, 0.717) is 43.7 Å². The van der Waals surface area contributed by atoms with Crippen LogP contribution in [0.5, 0.6) is 5.75 Å². The van der Waals surface area contributed by atoms with Crippen molar-refractivity contribution in [3.63, 3.8) is 0 Å². The van der Waals surface area contributed by atoms with E-state index in [4.69, 9.17) is 19.3 Å². The van der Waals surface area contributed by atoms with Crippen molar-refractivity contribution in [2.75, 3.05) is 32.2 Å². The van der Waals surface area contributed by atoms with Crippen LogP contribution in [0.25, 0.3) is 0 Å². The summed E-state index contributed by atoms with van der Waals surface area (Å²) in [7, 11) is 1.57. The molecule has 2 amide bonds. The Morgan fingerprint density at radius 2 is 2.00 bits per heavy atom. The predicted octanol–water partition coefficient (Wildman–Crippen LogP) is 1.73. The molecule has 5 atom stereocenters. The van der Waals surface area contributed by atoms with Crippen molar-refractivity contribution in [3.8, 4) is 5.75 Å². The number of methoxy groups -OCH3 is 1. The van der Waals surface area contributed by atoms with E-state index in [1.54, 1.807) is 43.2 Å². The standard InChI is InChI=1S/C24H32N2O7/c1-3-32-23(30)18-17-11-12-24(33-17)19(18)22(29)26(13-5-4-6-14-27)20(24)21(28)25-15-7-9-16(31-2)10-8-15/h7-10,17-20,27H,3-6,11-14H2,1-2H3,(H,25,28)/t17-,18+,19+,20-,24+/m1/s1. The minimum Gasteiger partial charge on any atom is -0.497 e. The normalized spacial score (nSPS) is 29.8. The van der Waals surface area contributed by atoms with E-state index in [0.717, 1.165) is 6.42 Å². The molecular formula is C24H32N2O7. The molecule has 1 spiro atoms. The summed E-state index contributed by atoms with van der Waals surface area (Å²) in [6.07, 6.45) is 2.75. The highest BCUT2D eigenvalue weighted by molar-refractivity contribution is 6.03. The van der Waals surface area contributed by atoms with Gasteiger partial charge in [-0.2, -0.15) is 0 Å². The van der Waals surface area contributed by atoms with E-state index >= 15 is 0 Å². The number of rotatable bonds is 10. The second-order valence-corrected chi connectivity index (χ2v) is 8.84. The van der Waals surface area contributed by atoms with Crippen LogP contribution >= 0.6 is 0 Å². The zero-order valence-corrected chi connectivity index (χ0v) is 19.1. The van der Waals surface area contributed by atoms with Gasteiger partial charge in [-0.1, -0.05) is 0 Å². The maximum absolute atomic E-state index is 13.6. The van der Waals surface area contributed by atoms with Crippen molar-refractivity contribution < 1.29 is 33.7 Å². The molecule has 3 heterocycles. The number of amides is 2. The first-order valence-electron chi connectivity index (χ1n) is 11.7. The molecular weight excluding hydrogens is 428 g/mol. The number of carbonyl (C=O) groups excluding carboxylic acids is 3. The molecule has 1 aromatic rings. The molecule has 0 unspecified atom stereocenters. The molecule has 33 heavy (non-hydrogen) atoms. The molecule has 3 aliphatic rings. The SMILES string of the molecule is CCOC(=O)[C@@H]1[C@H]2C(=O)N(CCCCCO)[C@H](C(=O)Nc3ccc(OC)cc3)[C@]23CC[C@H]1O3. The van der Waals surface area contributed by atoms with Gasteiger partial charge in [0.25, 0.3) is 0 Å². The van der Waals surface area contributed by atoms with Crippen molar-refractivity contribution in [2.24, 2.45) is 11.8 Å². The van der Waals surface area contributed by atoms with Gasteiger partial charge in [0, 0.05) is 18.8 Å². The highest BCUT2D eigenvalue weighted by Crippen LogP contribution is 2.58. The Morgan fingerprint density at radius 1 is 1.24 bits per heavy atom. The maximum Gasteiger partial charge on any atom is 0.312 e. The van der Waals surface area contributed by atoms with Crippen molar-refractivity contribution in [1.29, 1.82) is 0 Å². The lowest BCUT2D eigenvalue weighted by atomic mass is 9.71. The number of carbonyl (C=O) groups is 3. The van der Waals surface area contributed by atoms with Gasteiger partial charge in [-0.25, -0.2) is 0 Å². The van der Waals surface area contributed by atoms with Crippen LogP contribution in [0, 0.1) is 11.8 Å². The van der Waals surface area contributed by atoms with Crippen molar-refractivity contribution in [1.82, 2.24) is 4.90 Å². The van der Waals surface area contributed by atoms with E-state index in [-0.39, 0.29) is 25.0 Å². The highest BCUT2D eigenvalue weighted by Gasteiger charge is 2.74. The molecule has 3 fully saturated rings. The predicted molar refractivity (Wildman–Crippen MR) is 119 cm³/mol. The van der Waals surface area contributed by atoms with Gasteiger partial charge in [-0.15, -0.1) is 0 Å². The number of aliphatic hydroxyl groups excluding tert-OH is 1. The first-order valence-corrected chi connectivity index (χ1v) is 11.7. The molecule has 0 aromatic heterocycles. The van der Waals surface area contributed by atoms with Crippen LogP contribution in [-0.2, 0) is 23.9 Å². The van der Waals surface area contributed by atoms with E-state index < -0.39 is 35.6 Å². The number of anilines is 1.